The molecule has 0 spiro atoms. The van der Waals surface area contributed by atoms with Crippen LogP contribution in [0.1, 0.15) is 31.2 Å². The Kier molecular flexibility index (Phi) is 6.30. The molecule has 2 amide bonds. The molecule has 0 saturated carbocycles. The number of carbonyl (C=O) groups is 1. The number of nitrogens with zero attached hydrogens (tertiary/aromatic N) is 3. The van der Waals surface area contributed by atoms with E-state index >= 15 is 0 Å². The van der Waals surface area contributed by atoms with Gasteiger partial charge in [0.15, 0.2) is 0 Å². The summed E-state index contributed by atoms with van der Waals surface area (Å²) in [5.41, 5.74) is 2.02. The summed E-state index contributed by atoms with van der Waals surface area (Å²) in [6.07, 6.45) is 8.01. The third-order valence-corrected chi connectivity index (χ3v) is 5.97. The monoisotopic (exact) mass is 394 g/mol. The molecule has 4 rings (SSSR count). The molecule has 1 N–H and O–H groups in total. The van der Waals surface area contributed by atoms with Crippen molar-refractivity contribution in [3.05, 3.63) is 54.4 Å². The van der Waals surface area contributed by atoms with E-state index < -0.39 is 0 Å². The van der Waals surface area contributed by atoms with E-state index in [1.54, 1.807) is 12.4 Å². The van der Waals surface area contributed by atoms with Gasteiger partial charge >= 0.3 is 6.03 Å². The number of hydrogen-bond acceptors (Lipinski definition) is 4. The van der Waals surface area contributed by atoms with Crippen molar-refractivity contribution in [3.8, 4) is 5.75 Å². The molecule has 0 atom stereocenters. The first-order valence-corrected chi connectivity index (χ1v) is 10.6. The molecule has 0 radical (unpaired) electrons. The molecule has 29 heavy (non-hydrogen) atoms. The minimum atomic E-state index is 0.0125. The lowest BCUT2D eigenvalue weighted by Gasteiger charge is -2.41. The van der Waals surface area contributed by atoms with Crippen LogP contribution in [-0.2, 0) is 0 Å². The van der Waals surface area contributed by atoms with Gasteiger partial charge in [-0.1, -0.05) is 12.1 Å². The normalized spacial score (nSPS) is 19.1. The zero-order valence-corrected chi connectivity index (χ0v) is 17.1. The lowest BCUT2D eigenvalue weighted by molar-refractivity contribution is 0.0545. The largest absolute Gasteiger partial charge is 0.490 e. The quantitative estimate of drug-likeness (QED) is 0.854. The Balaban J connectivity index is 1.20. The highest BCUT2D eigenvalue weighted by Crippen LogP contribution is 2.24. The fourth-order valence-electron chi connectivity index (χ4n) is 4.33. The fourth-order valence-corrected chi connectivity index (χ4v) is 4.33. The van der Waals surface area contributed by atoms with Gasteiger partial charge in [0.2, 0.25) is 0 Å². The summed E-state index contributed by atoms with van der Waals surface area (Å²) in [4.78, 5) is 21.1. The molecule has 2 aromatic rings. The summed E-state index contributed by atoms with van der Waals surface area (Å²) in [6, 6.07) is 12.4. The summed E-state index contributed by atoms with van der Waals surface area (Å²) < 4.78 is 6.08. The maximum Gasteiger partial charge on any atom is 0.321 e. The van der Waals surface area contributed by atoms with Crippen LogP contribution in [0.25, 0.3) is 0 Å². The van der Waals surface area contributed by atoms with Gasteiger partial charge in [-0.15, -0.1) is 0 Å². The number of anilines is 1. The first-order valence-electron chi connectivity index (χ1n) is 10.6. The standard InChI is InChI=1S/C23H30N4O2/c1-18-3-2-4-19(17-18)25-23(28)27-13-7-20(8-14-27)26-15-9-22(10-16-26)29-21-5-11-24-12-6-21/h2-6,11-12,17,20,22H,7-10,13-16H2,1H3,(H,25,28). The van der Waals surface area contributed by atoms with Gasteiger partial charge in [-0.2, -0.15) is 0 Å². The second-order valence-electron chi connectivity index (χ2n) is 8.05. The highest BCUT2D eigenvalue weighted by atomic mass is 16.5. The Morgan fingerprint density at radius 3 is 2.45 bits per heavy atom. The maximum atomic E-state index is 12.6. The second kappa shape index (κ2) is 9.27. The average Bonchev–Trinajstić information content (AvgIpc) is 2.75. The van der Waals surface area contributed by atoms with Crippen LogP contribution < -0.4 is 10.1 Å². The highest BCUT2D eigenvalue weighted by molar-refractivity contribution is 5.89. The predicted molar refractivity (Wildman–Crippen MR) is 114 cm³/mol. The van der Waals surface area contributed by atoms with Gasteiger partial charge in [-0.25, -0.2) is 4.79 Å². The van der Waals surface area contributed by atoms with Crippen molar-refractivity contribution < 1.29 is 9.53 Å². The molecular weight excluding hydrogens is 364 g/mol. The first-order chi connectivity index (χ1) is 14.2. The molecule has 2 fully saturated rings. The van der Waals surface area contributed by atoms with E-state index in [0.717, 1.165) is 68.9 Å². The summed E-state index contributed by atoms with van der Waals surface area (Å²) in [5, 5.41) is 3.03. The number of urea groups is 1. The van der Waals surface area contributed by atoms with Gasteiger partial charge in [-0.05, 0) is 62.4 Å². The molecule has 1 aromatic carbocycles. The third-order valence-electron chi connectivity index (χ3n) is 5.97. The molecule has 0 unspecified atom stereocenters. The maximum absolute atomic E-state index is 12.6. The molecule has 0 bridgehead atoms. The Bertz CT molecular complexity index is 798. The van der Waals surface area contributed by atoms with Gasteiger partial charge < -0.3 is 15.0 Å². The highest BCUT2D eigenvalue weighted by Gasteiger charge is 2.30. The zero-order valence-electron chi connectivity index (χ0n) is 17.1. The average molecular weight is 395 g/mol. The number of pyridine rings is 1. The second-order valence-corrected chi connectivity index (χ2v) is 8.05. The van der Waals surface area contributed by atoms with Crippen LogP contribution in [0.4, 0.5) is 10.5 Å². The summed E-state index contributed by atoms with van der Waals surface area (Å²) in [5.74, 6) is 0.909. The Morgan fingerprint density at radius 2 is 1.76 bits per heavy atom. The van der Waals surface area contributed by atoms with Crippen molar-refractivity contribution >= 4 is 11.7 Å². The van der Waals surface area contributed by atoms with Crippen molar-refractivity contribution in [2.24, 2.45) is 0 Å². The van der Waals surface area contributed by atoms with Crippen molar-refractivity contribution in [3.63, 3.8) is 0 Å². The zero-order chi connectivity index (χ0) is 20.1. The Hall–Kier alpha value is -2.60. The predicted octanol–water partition coefficient (Wildman–Crippen LogP) is 3.93. The van der Waals surface area contributed by atoms with Crippen LogP contribution in [0.5, 0.6) is 5.75 Å². The summed E-state index contributed by atoms with van der Waals surface area (Å²) >= 11 is 0. The van der Waals surface area contributed by atoms with Crippen LogP contribution in [0.3, 0.4) is 0 Å². The minimum absolute atomic E-state index is 0.0125. The molecule has 0 aliphatic carbocycles. The van der Waals surface area contributed by atoms with Crippen LogP contribution >= 0.6 is 0 Å². The van der Waals surface area contributed by atoms with Gasteiger partial charge in [0.25, 0.3) is 0 Å². The summed E-state index contributed by atoms with van der Waals surface area (Å²) in [7, 11) is 0. The number of piperidine rings is 2. The number of rotatable bonds is 4. The number of aryl methyl sites for hydroxylation is 1. The van der Waals surface area contributed by atoms with Crippen molar-refractivity contribution in [1.29, 1.82) is 0 Å². The van der Waals surface area contributed by atoms with Crippen molar-refractivity contribution in [2.75, 3.05) is 31.5 Å². The Labute approximate surface area is 172 Å². The molecule has 2 aliphatic heterocycles. The molecule has 6 heteroatoms. The van der Waals surface area contributed by atoms with Crippen molar-refractivity contribution in [1.82, 2.24) is 14.8 Å². The SMILES string of the molecule is Cc1cccc(NC(=O)N2CCC(N3CCC(Oc4ccncc4)CC3)CC2)c1. The lowest BCUT2D eigenvalue weighted by atomic mass is 9.99. The molecule has 6 nitrogen and oxygen atoms in total. The van der Waals surface area contributed by atoms with E-state index in [-0.39, 0.29) is 12.1 Å². The molecule has 3 heterocycles. The van der Waals surface area contributed by atoms with E-state index in [1.165, 1.54) is 0 Å². The molecular formula is C23H30N4O2. The van der Waals surface area contributed by atoms with Gasteiger partial charge in [0.05, 0.1) is 0 Å². The van der Waals surface area contributed by atoms with Crippen molar-refractivity contribution in [2.45, 2.75) is 44.8 Å². The smallest absolute Gasteiger partial charge is 0.321 e. The summed E-state index contributed by atoms with van der Waals surface area (Å²) in [6.45, 7) is 5.80. The van der Waals surface area contributed by atoms with E-state index in [9.17, 15) is 4.79 Å². The number of amides is 2. The number of carbonyl (C=O) groups excluding carboxylic acids is 1. The van der Waals surface area contributed by atoms with Gasteiger partial charge in [0, 0.05) is 50.3 Å². The van der Waals surface area contributed by atoms with E-state index in [0.29, 0.717) is 6.04 Å². The fraction of sp³-hybridized carbons (Fsp3) is 0.478. The molecule has 2 aliphatic rings. The minimum Gasteiger partial charge on any atom is -0.490 e. The van der Waals surface area contributed by atoms with Gasteiger partial charge in [-0.3, -0.25) is 9.88 Å². The van der Waals surface area contributed by atoms with Gasteiger partial charge in [0.1, 0.15) is 11.9 Å². The molecule has 2 saturated heterocycles. The number of aromatic nitrogens is 1. The number of hydrogen-bond donors (Lipinski definition) is 1. The van der Waals surface area contributed by atoms with E-state index in [1.807, 2.05) is 48.2 Å². The topological polar surface area (TPSA) is 57.7 Å². The Morgan fingerprint density at radius 1 is 1.03 bits per heavy atom. The van der Waals surface area contributed by atoms with E-state index in [2.05, 4.69) is 15.2 Å². The number of benzene rings is 1. The number of ether oxygens (including phenoxy) is 1. The molecule has 154 valence electrons. The van der Waals surface area contributed by atoms with Crippen LogP contribution in [0.15, 0.2) is 48.8 Å². The first kappa shape index (κ1) is 19.7. The van der Waals surface area contributed by atoms with Crippen LogP contribution in [0.2, 0.25) is 0 Å². The molecule has 1 aromatic heterocycles. The number of nitrogens with one attached hydrogen (secondary N) is 1. The lowest BCUT2D eigenvalue weighted by Crippen LogP contribution is -2.50. The van der Waals surface area contributed by atoms with Crippen LogP contribution in [-0.4, -0.2) is 59.1 Å². The number of likely N-dealkylation sites (tertiary alicyclic amines) is 2. The third kappa shape index (κ3) is 5.26. The van der Waals surface area contributed by atoms with Crippen LogP contribution in [0, 0.1) is 6.92 Å². The van der Waals surface area contributed by atoms with E-state index in [4.69, 9.17) is 4.74 Å².